The Morgan fingerprint density at radius 2 is 2.19 bits per heavy atom. The Morgan fingerprint density at radius 1 is 1.29 bits per heavy atom. The number of fused-ring (bicyclic) bond motifs is 1. The molecule has 0 bridgehead atoms. The number of hydrogen-bond donors (Lipinski definition) is 1. The Hall–Kier alpha value is -2.90. The molecule has 31 heavy (non-hydrogen) atoms. The summed E-state index contributed by atoms with van der Waals surface area (Å²) in [6.07, 6.45) is 16.0. The Balaban J connectivity index is 1.18. The number of hydrogen-bond acceptors (Lipinski definition) is 5. The van der Waals surface area contributed by atoms with Gasteiger partial charge >= 0.3 is 0 Å². The molecule has 0 saturated carbocycles. The highest BCUT2D eigenvalue weighted by Crippen LogP contribution is 2.28. The van der Waals surface area contributed by atoms with Gasteiger partial charge in [-0.25, -0.2) is 4.98 Å². The molecule has 5 rings (SSSR count). The molecule has 0 aromatic carbocycles. The standard InChI is InChI=1S/C24H26N4O2S/c29-24(19-4-5-21-13-25-17-28(21)14-19)26-20-2-1-9-27(15-20)22-12-23(31-16-22)6-3-18-7-10-30-11-8-18/h1-2,4-5,9,12-14,16-18H,3,6-8,10-11,15H2,(H,26,29). The maximum atomic E-state index is 12.7. The Morgan fingerprint density at radius 3 is 3.10 bits per heavy atom. The maximum absolute atomic E-state index is 12.7. The minimum absolute atomic E-state index is 0.112. The van der Waals surface area contributed by atoms with Gasteiger partial charge in [-0.3, -0.25) is 4.79 Å². The summed E-state index contributed by atoms with van der Waals surface area (Å²) in [5, 5.41) is 5.26. The SMILES string of the molecule is O=C(NC1=CC=CN(c2csc(CCC3CCOCC3)c2)C1)c1ccc2cncn2c1. The van der Waals surface area contributed by atoms with Crippen molar-refractivity contribution in [2.24, 2.45) is 5.92 Å². The van der Waals surface area contributed by atoms with Gasteiger partial charge in [0.05, 0.1) is 35.8 Å². The molecule has 0 radical (unpaired) electrons. The van der Waals surface area contributed by atoms with Crippen molar-refractivity contribution < 1.29 is 9.53 Å². The minimum atomic E-state index is -0.112. The van der Waals surface area contributed by atoms with E-state index in [1.165, 1.54) is 29.8 Å². The van der Waals surface area contributed by atoms with Crippen molar-refractivity contribution in [1.82, 2.24) is 14.7 Å². The maximum Gasteiger partial charge on any atom is 0.256 e. The molecular weight excluding hydrogens is 408 g/mol. The van der Waals surface area contributed by atoms with E-state index in [-0.39, 0.29) is 5.91 Å². The second-order valence-electron chi connectivity index (χ2n) is 8.12. The molecular formula is C24H26N4O2S. The highest BCUT2D eigenvalue weighted by atomic mass is 32.1. The number of imidazole rings is 1. The summed E-state index contributed by atoms with van der Waals surface area (Å²) in [5.41, 5.74) is 3.64. The number of amides is 1. The zero-order chi connectivity index (χ0) is 21.0. The van der Waals surface area contributed by atoms with E-state index in [2.05, 4.69) is 32.8 Å². The molecule has 1 N–H and O–H groups in total. The van der Waals surface area contributed by atoms with Gasteiger partial charge in [-0.05, 0) is 62.0 Å². The highest BCUT2D eigenvalue weighted by Gasteiger charge is 2.17. The molecule has 2 aliphatic rings. The molecule has 0 aliphatic carbocycles. The fourth-order valence-electron chi connectivity index (χ4n) is 4.11. The number of ether oxygens (including phenoxy) is 1. The van der Waals surface area contributed by atoms with Crippen molar-refractivity contribution in [2.75, 3.05) is 24.7 Å². The number of aromatic nitrogens is 2. The molecule has 0 spiro atoms. The zero-order valence-electron chi connectivity index (χ0n) is 17.4. The molecule has 6 nitrogen and oxygen atoms in total. The number of aryl methyl sites for hydroxylation is 1. The number of nitrogens with one attached hydrogen (secondary N) is 1. The van der Waals surface area contributed by atoms with E-state index < -0.39 is 0 Å². The Kier molecular flexibility index (Phi) is 5.86. The number of nitrogens with zero attached hydrogens (tertiary/aromatic N) is 3. The normalized spacial score (nSPS) is 17.2. The first-order chi connectivity index (χ1) is 15.2. The van der Waals surface area contributed by atoms with Crippen LogP contribution in [-0.4, -0.2) is 35.1 Å². The lowest BCUT2D eigenvalue weighted by Gasteiger charge is -2.24. The van der Waals surface area contributed by atoms with E-state index >= 15 is 0 Å². The lowest BCUT2D eigenvalue weighted by molar-refractivity contribution is 0.0641. The predicted molar refractivity (Wildman–Crippen MR) is 123 cm³/mol. The second kappa shape index (κ2) is 9.08. The van der Waals surface area contributed by atoms with Gasteiger partial charge in [-0.1, -0.05) is 0 Å². The average Bonchev–Trinajstić information content (AvgIpc) is 3.47. The number of anilines is 1. The van der Waals surface area contributed by atoms with E-state index in [4.69, 9.17) is 4.74 Å². The van der Waals surface area contributed by atoms with Crippen molar-refractivity contribution >= 4 is 28.4 Å². The third kappa shape index (κ3) is 4.73. The fraction of sp³-hybridized carbons (Fsp3) is 0.333. The van der Waals surface area contributed by atoms with Crippen LogP contribution in [0.3, 0.4) is 0 Å². The number of rotatable bonds is 6. The van der Waals surface area contributed by atoms with Gasteiger partial charge in [0.25, 0.3) is 5.91 Å². The zero-order valence-corrected chi connectivity index (χ0v) is 18.2. The summed E-state index contributed by atoms with van der Waals surface area (Å²) >= 11 is 1.82. The van der Waals surface area contributed by atoms with Crippen molar-refractivity contribution in [1.29, 1.82) is 0 Å². The van der Waals surface area contributed by atoms with Gasteiger partial charge in [0, 0.05) is 41.6 Å². The molecule has 160 valence electrons. The van der Waals surface area contributed by atoms with Crippen LogP contribution < -0.4 is 10.2 Å². The monoisotopic (exact) mass is 434 g/mol. The average molecular weight is 435 g/mol. The Bertz CT molecular complexity index is 1120. The van der Waals surface area contributed by atoms with E-state index in [1.54, 1.807) is 18.7 Å². The minimum Gasteiger partial charge on any atom is -0.381 e. The van der Waals surface area contributed by atoms with Crippen LogP contribution in [0.25, 0.3) is 5.52 Å². The molecule has 1 saturated heterocycles. The molecule has 0 unspecified atom stereocenters. The Labute approximate surface area is 185 Å². The van der Waals surface area contributed by atoms with Crippen LogP contribution >= 0.6 is 11.3 Å². The molecule has 1 amide bonds. The highest BCUT2D eigenvalue weighted by molar-refractivity contribution is 7.10. The van der Waals surface area contributed by atoms with Crippen LogP contribution in [0.2, 0.25) is 0 Å². The smallest absolute Gasteiger partial charge is 0.256 e. The topological polar surface area (TPSA) is 58.9 Å². The van der Waals surface area contributed by atoms with Crippen LogP contribution in [0, 0.1) is 5.92 Å². The van der Waals surface area contributed by atoms with Crippen molar-refractivity contribution in [3.8, 4) is 0 Å². The lowest BCUT2D eigenvalue weighted by Crippen LogP contribution is -2.32. The number of carbonyl (C=O) groups excluding carboxylic acids is 1. The first kappa shape index (κ1) is 20.0. The van der Waals surface area contributed by atoms with E-state index in [9.17, 15) is 4.79 Å². The van der Waals surface area contributed by atoms with Crippen molar-refractivity contribution in [3.63, 3.8) is 0 Å². The molecule has 3 aromatic rings. The lowest BCUT2D eigenvalue weighted by atomic mass is 9.95. The summed E-state index contributed by atoms with van der Waals surface area (Å²) in [4.78, 5) is 20.4. The quantitative estimate of drug-likeness (QED) is 0.625. The van der Waals surface area contributed by atoms with Gasteiger partial charge in [-0.2, -0.15) is 0 Å². The molecule has 0 atom stereocenters. The van der Waals surface area contributed by atoms with E-state index in [1.807, 2.05) is 40.0 Å². The molecule has 1 fully saturated rings. The van der Waals surface area contributed by atoms with Gasteiger partial charge in [0.2, 0.25) is 0 Å². The van der Waals surface area contributed by atoms with Crippen molar-refractivity contribution in [3.05, 3.63) is 76.8 Å². The number of carbonyl (C=O) groups is 1. The fourth-order valence-corrected chi connectivity index (χ4v) is 5.01. The summed E-state index contributed by atoms with van der Waals surface area (Å²) in [7, 11) is 0. The predicted octanol–water partition coefficient (Wildman–Crippen LogP) is 4.40. The van der Waals surface area contributed by atoms with Crippen LogP contribution in [0.4, 0.5) is 5.69 Å². The third-order valence-electron chi connectivity index (χ3n) is 5.96. The molecule has 3 aromatic heterocycles. The molecule has 7 heteroatoms. The molecule has 5 heterocycles. The number of thiophene rings is 1. The van der Waals surface area contributed by atoms with Gasteiger partial charge in [0.15, 0.2) is 0 Å². The number of allylic oxidation sites excluding steroid dienone is 2. The second-order valence-corrected chi connectivity index (χ2v) is 9.12. The van der Waals surface area contributed by atoms with Gasteiger partial charge in [-0.15, -0.1) is 11.3 Å². The van der Waals surface area contributed by atoms with Crippen LogP contribution in [-0.2, 0) is 11.2 Å². The van der Waals surface area contributed by atoms with Gasteiger partial charge < -0.3 is 19.4 Å². The van der Waals surface area contributed by atoms with Crippen LogP contribution in [0.1, 0.15) is 34.5 Å². The molecule has 2 aliphatic heterocycles. The van der Waals surface area contributed by atoms with Crippen molar-refractivity contribution in [2.45, 2.75) is 25.7 Å². The summed E-state index contributed by atoms with van der Waals surface area (Å²) in [6, 6.07) is 6.01. The van der Waals surface area contributed by atoms with E-state index in [0.717, 1.165) is 36.8 Å². The first-order valence-corrected chi connectivity index (χ1v) is 11.6. The third-order valence-corrected chi connectivity index (χ3v) is 6.94. The van der Waals surface area contributed by atoms with Crippen LogP contribution in [0.5, 0.6) is 0 Å². The summed E-state index contributed by atoms with van der Waals surface area (Å²) in [5.74, 6) is 0.681. The summed E-state index contributed by atoms with van der Waals surface area (Å²) in [6.45, 7) is 2.47. The number of pyridine rings is 1. The van der Waals surface area contributed by atoms with E-state index in [0.29, 0.717) is 12.1 Å². The first-order valence-electron chi connectivity index (χ1n) is 10.8. The van der Waals surface area contributed by atoms with Crippen LogP contribution in [0.15, 0.2) is 66.3 Å². The summed E-state index contributed by atoms with van der Waals surface area (Å²) < 4.78 is 7.32. The largest absolute Gasteiger partial charge is 0.381 e. The van der Waals surface area contributed by atoms with Gasteiger partial charge in [0.1, 0.15) is 0 Å².